The van der Waals surface area contributed by atoms with Crippen molar-refractivity contribution in [3.8, 4) is 0 Å². The number of nitrogens with zero attached hydrogens (tertiary/aromatic N) is 2. The van der Waals surface area contributed by atoms with Gasteiger partial charge in [0, 0.05) is 6.54 Å². The summed E-state index contributed by atoms with van der Waals surface area (Å²) in [7, 11) is 0. The second-order valence-corrected chi connectivity index (χ2v) is 7.69. The van der Waals surface area contributed by atoms with Gasteiger partial charge in [0.2, 0.25) is 0 Å². The van der Waals surface area contributed by atoms with Gasteiger partial charge in [-0.2, -0.15) is 0 Å². The summed E-state index contributed by atoms with van der Waals surface area (Å²) in [5.74, 6) is 0. The van der Waals surface area contributed by atoms with Crippen LogP contribution < -0.4 is 5.32 Å². The molecule has 0 saturated carbocycles. The second kappa shape index (κ2) is 6.50. The largest absolute Gasteiger partial charge is 0.444 e. The lowest BCUT2D eigenvalue weighted by atomic mass is 9.92. The molecule has 1 N–H and O–H groups in total. The Labute approximate surface area is 128 Å². The van der Waals surface area contributed by atoms with Gasteiger partial charge in [-0.1, -0.05) is 20.8 Å². The summed E-state index contributed by atoms with van der Waals surface area (Å²) < 4.78 is 7.37. The summed E-state index contributed by atoms with van der Waals surface area (Å²) in [5.41, 5.74) is 0.768. The third-order valence-electron chi connectivity index (χ3n) is 3.02. The van der Waals surface area contributed by atoms with Gasteiger partial charge in [-0.3, -0.25) is 0 Å². The van der Waals surface area contributed by atoms with Crippen molar-refractivity contribution in [3.63, 3.8) is 0 Å². The molecule has 0 aliphatic carbocycles. The van der Waals surface area contributed by atoms with Gasteiger partial charge < -0.3 is 14.6 Å². The summed E-state index contributed by atoms with van der Waals surface area (Å²) in [4.78, 5) is 16.0. The smallest absolute Gasteiger partial charge is 0.408 e. The summed E-state index contributed by atoms with van der Waals surface area (Å²) >= 11 is 0. The Morgan fingerprint density at radius 1 is 1.33 bits per heavy atom. The monoisotopic (exact) mass is 295 g/mol. The zero-order valence-corrected chi connectivity index (χ0v) is 14.4. The van der Waals surface area contributed by atoms with Crippen molar-refractivity contribution < 1.29 is 9.53 Å². The summed E-state index contributed by atoms with van der Waals surface area (Å²) in [6, 6.07) is -0.137. The maximum absolute atomic E-state index is 11.8. The minimum Gasteiger partial charge on any atom is -0.444 e. The Balaban J connectivity index is 2.65. The number of nitrogens with one attached hydrogen (secondary N) is 1. The molecule has 0 unspecified atom stereocenters. The highest BCUT2D eigenvalue weighted by Gasteiger charge is 2.20. The van der Waals surface area contributed by atoms with Gasteiger partial charge in [0.05, 0.1) is 24.3 Å². The first kappa shape index (κ1) is 17.5. The molecule has 1 atom stereocenters. The van der Waals surface area contributed by atoms with Crippen LogP contribution in [0.4, 0.5) is 4.79 Å². The predicted molar refractivity (Wildman–Crippen MR) is 84.1 cm³/mol. The van der Waals surface area contributed by atoms with E-state index < -0.39 is 11.7 Å². The zero-order valence-electron chi connectivity index (χ0n) is 14.4. The number of aromatic nitrogens is 2. The highest BCUT2D eigenvalue weighted by atomic mass is 16.6. The Kier molecular flexibility index (Phi) is 5.42. The van der Waals surface area contributed by atoms with Crippen LogP contribution in [-0.4, -0.2) is 21.2 Å². The van der Waals surface area contributed by atoms with E-state index in [-0.39, 0.29) is 11.5 Å². The van der Waals surface area contributed by atoms with Crippen molar-refractivity contribution in [1.82, 2.24) is 14.9 Å². The quantitative estimate of drug-likeness (QED) is 0.916. The Morgan fingerprint density at radius 2 is 1.95 bits per heavy atom. The lowest BCUT2D eigenvalue weighted by Gasteiger charge is -2.23. The summed E-state index contributed by atoms with van der Waals surface area (Å²) in [6.07, 6.45) is 4.26. The molecule has 1 aromatic rings. The van der Waals surface area contributed by atoms with Crippen LogP contribution in [0, 0.1) is 5.41 Å². The van der Waals surface area contributed by atoms with Gasteiger partial charge in [-0.05, 0) is 39.5 Å². The van der Waals surface area contributed by atoms with E-state index in [0.717, 1.165) is 18.7 Å². The second-order valence-electron chi connectivity index (χ2n) is 7.69. The Hall–Kier alpha value is -1.52. The molecule has 5 nitrogen and oxygen atoms in total. The summed E-state index contributed by atoms with van der Waals surface area (Å²) in [6.45, 7) is 15.0. The SMILES string of the molecule is C[C@@H](NC(=O)OC(C)(C)C)c1cncn1CCC(C)(C)C. The van der Waals surface area contributed by atoms with E-state index in [1.165, 1.54) is 0 Å². The molecule has 0 spiro atoms. The third-order valence-corrected chi connectivity index (χ3v) is 3.02. The minimum atomic E-state index is -0.490. The first-order valence-corrected chi connectivity index (χ1v) is 7.47. The molecule has 0 aromatic carbocycles. The predicted octanol–water partition coefficient (Wildman–Crippen LogP) is 3.91. The zero-order chi connectivity index (χ0) is 16.3. The van der Waals surface area contributed by atoms with Gasteiger partial charge in [-0.25, -0.2) is 9.78 Å². The number of alkyl carbamates (subject to hydrolysis) is 1. The van der Waals surface area contributed by atoms with Crippen molar-refractivity contribution >= 4 is 6.09 Å². The van der Waals surface area contributed by atoms with Gasteiger partial charge in [0.1, 0.15) is 5.60 Å². The van der Waals surface area contributed by atoms with E-state index in [2.05, 4.69) is 35.6 Å². The topological polar surface area (TPSA) is 56.1 Å². The summed E-state index contributed by atoms with van der Waals surface area (Å²) in [5, 5.41) is 2.85. The van der Waals surface area contributed by atoms with Crippen molar-refractivity contribution in [2.75, 3.05) is 0 Å². The number of hydrogen-bond acceptors (Lipinski definition) is 3. The van der Waals surface area contributed by atoms with E-state index >= 15 is 0 Å². The van der Waals surface area contributed by atoms with E-state index in [1.54, 1.807) is 6.20 Å². The van der Waals surface area contributed by atoms with Crippen LogP contribution in [0.3, 0.4) is 0 Å². The van der Waals surface area contributed by atoms with Crippen molar-refractivity contribution in [2.45, 2.75) is 73.1 Å². The molecule has 1 heterocycles. The number of hydrogen-bond donors (Lipinski definition) is 1. The number of carbonyl (C=O) groups excluding carboxylic acids is 1. The number of aryl methyl sites for hydroxylation is 1. The number of ether oxygens (including phenoxy) is 1. The Morgan fingerprint density at radius 3 is 2.48 bits per heavy atom. The molecule has 0 radical (unpaired) electrons. The molecule has 1 aromatic heterocycles. The highest BCUT2D eigenvalue weighted by molar-refractivity contribution is 5.68. The molecule has 0 aliphatic rings. The molecular formula is C16H29N3O2. The molecule has 5 heteroatoms. The van der Waals surface area contributed by atoms with Crippen molar-refractivity contribution in [3.05, 3.63) is 18.2 Å². The molecule has 21 heavy (non-hydrogen) atoms. The van der Waals surface area contributed by atoms with Crippen LogP contribution in [0.1, 0.15) is 66.6 Å². The lowest BCUT2D eigenvalue weighted by Crippen LogP contribution is -2.34. The standard InChI is InChI=1S/C16H29N3O2/c1-12(18-14(20)21-16(5,6)7)13-10-17-11-19(13)9-8-15(2,3)4/h10-12H,8-9H2,1-7H3,(H,18,20)/t12-/m1/s1. The number of carbonyl (C=O) groups is 1. The number of rotatable bonds is 4. The van der Waals surface area contributed by atoms with Crippen LogP contribution in [0.5, 0.6) is 0 Å². The molecule has 0 saturated heterocycles. The lowest BCUT2D eigenvalue weighted by molar-refractivity contribution is 0.0506. The van der Waals surface area contributed by atoms with Crippen LogP contribution in [0.15, 0.2) is 12.5 Å². The normalized spacial score (nSPS) is 13.9. The van der Waals surface area contributed by atoms with Crippen molar-refractivity contribution in [1.29, 1.82) is 0 Å². The fraction of sp³-hybridized carbons (Fsp3) is 0.750. The number of amides is 1. The molecule has 0 aliphatic heterocycles. The van der Waals surface area contributed by atoms with Gasteiger partial charge in [0.25, 0.3) is 0 Å². The van der Waals surface area contributed by atoms with Gasteiger partial charge >= 0.3 is 6.09 Å². The third kappa shape index (κ3) is 6.65. The van der Waals surface area contributed by atoms with Crippen molar-refractivity contribution in [2.24, 2.45) is 5.41 Å². The molecule has 1 rings (SSSR count). The number of imidazole rings is 1. The molecule has 0 fully saturated rings. The average Bonchev–Trinajstić information content (AvgIpc) is 2.70. The van der Waals surface area contributed by atoms with E-state index in [9.17, 15) is 4.79 Å². The van der Waals surface area contributed by atoms with Crippen LogP contribution >= 0.6 is 0 Å². The fourth-order valence-electron chi connectivity index (χ4n) is 1.89. The first-order chi connectivity index (χ1) is 9.48. The molecule has 0 bridgehead atoms. The first-order valence-electron chi connectivity index (χ1n) is 7.47. The molecule has 1 amide bonds. The molecular weight excluding hydrogens is 266 g/mol. The maximum atomic E-state index is 11.8. The fourth-order valence-corrected chi connectivity index (χ4v) is 1.89. The van der Waals surface area contributed by atoms with E-state index in [0.29, 0.717) is 0 Å². The van der Waals surface area contributed by atoms with Crippen LogP contribution in [-0.2, 0) is 11.3 Å². The van der Waals surface area contributed by atoms with Crippen LogP contribution in [0.2, 0.25) is 0 Å². The maximum Gasteiger partial charge on any atom is 0.408 e. The molecule has 120 valence electrons. The van der Waals surface area contributed by atoms with E-state index in [4.69, 9.17) is 4.74 Å². The van der Waals surface area contributed by atoms with Crippen LogP contribution in [0.25, 0.3) is 0 Å². The average molecular weight is 295 g/mol. The Bertz CT molecular complexity index is 467. The van der Waals surface area contributed by atoms with Gasteiger partial charge in [-0.15, -0.1) is 0 Å². The highest BCUT2D eigenvalue weighted by Crippen LogP contribution is 2.21. The van der Waals surface area contributed by atoms with E-state index in [1.807, 2.05) is 34.0 Å². The minimum absolute atomic E-state index is 0.137. The van der Waals surface area contributed by atoms with Gasteiger partial charge in [0.15, 0.2) is 0 Å².